The van der Waals surface area contributed by atoms with E-state index in [1.54, 1.807) is 24.3 Å². The number of benzene rings is 1. The number of nitrogens with two attached hydrogens (primary N) is 1. The van der Waals surface area contributed by atoms with Crippen LogP contribution in [-0.4, -0.2) is 45.2 Å². The Bertz CT molecular complexity index is 522. The highest BCUT2D eigenvalue weighted by atomic mass is 79.9. The first kappa shape index (κ1) is 17.9. The van der Waals surface area contributed by atoms with Crippen LogP contribution < -0.4 is 5.73 Å². The van der Waals surface area contributed by atoms with E-state index in [1.165, 1.54) is 0 Å². The molecule has 1 atom stereocenters. The fourth-order valence-corrected chi connectivity index (χ4v) is 3.87. The van der Waals surface area contributed by atoms with Crippen LogP contribution in [0.1, 0.15) is 6.42 Å². The summed E-state index contributed by atoms with van der Waals surface area (Å²) in [7, 11) is -3.18. The fourth-order valence-electron chi connectivity index (χ4n) is 2.32. The van der Waals surface area contributed by atoms with E-state index in [2.05, 4.69) is 20.8 Å². The maximum absolute atomic E-state index is 12.2. The summed E-state index contributed by atoms with van der Waals surface area (Å²) in [6, 6.07) is 6.80. The molecule has 20 heavy (non-hydrogen) atoms. The molecule has 0 bridgehead atoms. The van der Waals surface area contributed by atoms with Crippen LogP contribution in [0.2, 0.25) is 0 Å². The van der Waals surface area contributed by atoms with Crippen molar-refractivity contribution in [3.8, 4) is 0 Å². The van der Waals surface area contributed by atoms with Gasteiger partial charge in [-0.3, -0.25) is 0 Å². The maximum atomic E-state index is 12.2. The van der Waals surface area contributed by atoms with Gasteiger partial charge in [0, 0.05) is 17.6 Å². The standard InChI is InChI=1S/C13H19BrN2O2S.ClH/c14-12-1-3-13(4-2-12)19(17,18)8-7-16-6-5-11(9-15)10-16;/h1-4,11H,5-10,15H2;1H. The molecule has 0 amide bonds. The van der Waals surface area contributed by atoms with Crippen LogP contribution in [0.4, 0.5) is 0 Å². The molecule has 0 spiro atoms. The second-order valence-corrected chi connectivity index (χ2v) is 7.99. The minimum absolute atomic E-state index is 0. The normalized spacial score (nSPS) is 19.8. The number of sulfone groups is 1. The van der Waals surface area contributed by atoms with Crippen molar-refractivity contribution in [1.29, 1.82) is 0 Å². The molecule has 1 saturated heterocycles. The van der Waals surface area contributed by atoms with Gasteiger partial charge in [-0.1, -0.05) is 15.9 Å². The van der Waals surface area contributed by atoms with Gasteiger partial charge in [0.25, 0.3) is 0 Å². The van der Waals surface area contributed by atoms with E-state index in [4.69, 9.17) is 5.73 Å². The van der Waals surface area contributed by atoms with Crippen LogP contribution in [0.25, 0.3) is 0 Å². The Hall–Kier alpha value is -0.140. The lowest BCUT2D eigenvalue weighted by molar-refractivity contribution is 0.344. The van der Waals surface area contributed by atoms with E-state index in [0.717, 1.165) is 24.0 Å². The molecule has 0 aliphatic carbocycles. The molecule has 1 aromatic rings. The highest BCUT2D eigenvalue weighted by molar-refractivity contribution is 9.10. The van der Waals surface area contributed by atoms with Gasteiger partial charge >= 0.3 is 0 Å². The zero-order valence-electron chi connectivity index (χ0n) is 11.2. The summed E-state index contributed by atoms with van der Waals surface area (Å²) >= 11 is 3.30. The molecule has 1 heterocycles. The highest BCUT2D eigenvalue weighted by Gasteiger charge is 2.23. The minimum atomic E-state index is -3.18. The van der Waals surface area contributed by atoms with Crippen molar-refractivity contribution in [1.82, 2.24) is 4.90 Å². The van der Waals surface area contributed by atoms with Crippen LogP contribution in [0.5, 0.6) is 0 Å². The molecule has 1 aromatic carbocycles. The van der Waals surface area contributed by atoms with Crippen molar-refractivity contribution in [2.75, 3.05) is 31.9 Å². The molecule has 1 unspecified atom stereocenters. The fraction of sp³-hybridized carbons (Fsp3) is 0.538. The van der Waals surface area contributed by atoms with E-state index in [-0.39, 0.29) is 18.2 Å². The first-order valence-corrected chi connectivity index (χ1v) is 8.86. The number of likely N-dealkylation sites (tertiary alicyclic amines) is 1. The quantitative estimate of drug-likeness (QED) is 0.844. The van der Waals surface area contributed by atoms with E-state index in [0.29, 0.717) is 23.9 Å². The van der Waals surface area contributed by atoms with Crippen LogP contribution >= 0.6 is 28.3 Å². The van der Waals surface area contributed by atoms with Crippen LogP contribution in [-0.2, 0) is 9.84 Å². The van der Waals surface area contributed by atoms with E-state index in [9.17, 15) is 8.42 Å². The lowest BCUT2D eigenvalue weighted by Crippen LogP contribution is -2.28. The largest absolute Gasteiger partial charge is 0.330 e. The van der Waals surface area contributed by atoms with Gasteiger partial charge in [0.2, 0.25) is 0 Å². The Balaban J connectivity index is 0.00000200. The van der Waals surface area contributed by atoms with Gasteiger partial charge in [0.1, 0.15) is 0 Å². The Labute approximate surface area is 135 Å². The van der Waals surface area contributed by atoms with E-state index < -0.39 is 9.84 Å². The third kappa shape index (κ3) is 4.70. The molecule has 1 aliphatic heterocycles. The van der Waals surface area contributed by atoms with Gasteiger partial charge in [-0.05, 0) is 49.7 Å². The van der Waals surface area contributed by atoms with Gasteiger partial charge in [0.05, 0.1) is 10.6 Å². The molecular weight excluding hydrogens is 364 g/mol. The molecular formula is C13H20BrClN2O2S. The Morgan fingerprint density at radius 1 is 1.30 bits per heavy atom. The third-order valence-electron chi connectivity index (χ3n) is 3.55. The van der Waals surface area contributed by atoms with Crippen molar-refractivity contribution >= 4 is 38.2 Å². The molecule has 0 aromatic heterocycles. The SMILES string of the molecule is Cl.NCC1CCN(CCS(=O)(=O)c2ccc(Br)cc2)C1. The van der Waals surface area contributed by atoms with Crippen LogP contribution in [0, 0.1) is 5.92 Å². The van der Waals surface area contributed by atoms with Crippen molar-refractivity contribution < 1.29 is 8.42 Å². The lowest BCUT2D eigenvalue weighted by atomic mass is 10.1. The summed E-state index contributed by atoms with van der Waals surface area (Å²) in [6.07, 6.45) is 1.08. The molecule has 0 saturated carbocycles. The number of hydrogen-bond acceptors (Lipinski definition) is 4. The molecule has 1 fully saturated rings. The second-order valence-electron chi connectivity index (χ2n) is 4.96. The van der Waals surface area contributed by atoms with Gasteiger partial charge < -0.3 is 10.6 Å². The average Bonchev–Trinajstić information content (AvgIpc) is 2.85. The monoisotopic (exact) mass is 382 g/mol. The number of halogens is 2. The van der Waals surface area contributed by atoms with E-state index in [1.807, 2.05) is 0 Å². The summed E-state index contributed by atoms with van der Waals surface area (Å²) in [5.74, 6) is 0.696. The molecule has 0 radical (unpaired) electrons. The Kier molecular flexibility index (Phi) is 6.94. The lowest BCUT2D eigenvalue weighted by Gasteiger charge is -2.15. The predicted octanol–water partition coefficient (Wildman–Crippen LogP) is 1.93. The van der Waals surface area contributed by atoms with Crippen molar-refractivity contribution in [3.63, 3.8) is 0 Å². The minimum Gasteiger partial charge on any atom is -0.330 e. The first-order valence-electron chi connectivity index (χ1n) is 6.42. The highest BCUT2D eigenvalue weighted by Crippen LogP contribution is 2.18. The van der Waals surface area contributed by atoms with Crippen LogP contribution in [0.3, 0.4) is 0 Å². The Morgan fingerprint density at radius 2 is 1.95 bits per heavy atom. The number of hydrogen-bond donors (Lipinski definition) is 1. The van der Waals surface area contributed by atoms with Crippen molar-refractivity contribution in [2.45, 2.75) is 11.3 Å². The summed E-state index contributed by atoms with van der Waals surface area (Å²) in [5.41, 5.74) is 5.63. The number of nitrogens with zero attached hydrogens (tertiary/aromatic N) is 1. The first-order chi connectivity index (χ1) is 9.01. The second kappa shape index (κ2) is 7.75. The molecule has 2 rings (SSSR count). The molecule has 4 nitrogen and oxygen atoms in total. The van der Waals surface area contributed by atoms with Gasteiger partial charge in [-0.25, -0.2) is 8.42 Å². The van der Waals surface area contributed by atoms with Gasteiger partial charge in [-0.15, -0.1) is 12.4 Å². The smallest absolute Gasteiger partial charge is 0.179 e. The van der Waals surface area contributed by atoms with Crippen molar-refractivity contribution in [2.24, 2.45) is 11.7 Å². The Morgan fingerprint density at radius 3 is 2.50 bits per heavy atom. The molecule has 7 heteroatoms. The summed E-state index contributed by atoms with van der Waals surface area (Å²) < 4.78 is 25.3. The third-order valence-corrected chi connectivity index (χ3v) is 5.79. The maximum Gasteiger partial charge on any atom is 0.179 e. The zero-order valence-corrected chi connectivity index (χ0v) is 14.4. The summed E-state index contributed by atoms with van der Waals surface area (Å²) in [6.45, 7) is 3.16. The summed E-state index contributed by atoms with van der Waals surface area (Å²) in [5, 5.41) is 0. The topological polar surface area (TPSA) is 63.4 Å². The predicted molar refractivity (Wildman–Crippen MR) is 87.0 cm³/mol. The van der Waals surface area contributed by atoms with E-state index >= 15 is 0 Å². The molecule has 1 aliphatic rings. The van der Waals surface area contributed by atoms with Crippen molar-refractivity contribution in [3.05, 3.63) is 28.7 Å². The number of rotatable bonds is 5. The molecule has 2 N–H and O–H groups in total. The van der Waals surface area contributed by atoms with Gasteiger partial charge in [-0.2, -0.15) is 0 Å². The zero-order chi connectivity index (χ0) is 13.9. The average molecular weight is 384 g/mol. The molecule has 114 valence electrons. The van der Waals surface area contributed by atoms with Crippen LogP contribution in [0.15, 0.2) is 33.6 Å². The summed E-state index contributed by atoms with van der Waals surface area (Å²) in [4.78, 5) is 2.58. The van der Waals surface area contributed by atoms with Gasteiger partial charge in [0.15, 0.2) is 9.84 Å².